The molecule has 0 saturated carbocycles. The Hall–Kier alpha value is -3.48. The fourth-order valence-electron chi connectivity index (χ4n) is 3.02. The molecule has 0 bridgehead atoms. The maximum atomic E-state index is 14.2. The third-order valence-electron chi connectivity index (χ3n) is 4.93. The Kier molecular flexibility index (Phi) is 6.08. The lowest BCUT2D eigenvalue weighted by molar-refractivity contribution is -0.112. The van der Waals surface area contributed by atoms with Gasteiger partial charge in [-0.3, -0.25) is 9.59 Å². The van der Waals surface area contributed by atoms with E-state index in [2.05, 4.69) is 15.6 Å². The summed E-state index contributed by atoms with van der Waals surface area (Å²) < 4.78 is 14.2. The van der Waals surface area contributed by atoms with Crippen LogP contribution in [0.3, 0.4) is 0 Å². The summed E-state index contributed by atoms with van der Waals surface area (Å²) in [6.07, 6.45) is 1.59. The highest BCUT2D eigenvalue weighted by Crippen LogP contribution is 2.37. The minimum Gasteiger partial charge on any atom is -0.347 e. The molecule has 2 heterocycles. The molecule has 0 saturated heterocycles. The summed E-state index contributed by atoms with van der Waals surface area (Å²) >= 11 is 2.75. The molecule has 32 heavy (non-hydrogen) atoms. The molecule has 1 aromatic heterocycles. The van der Waals surface area contributed by atoms with Gasteiger partial charge in [-0.05, 0) is 55.2 Å². The van der Waals surface area contributed by atoms with Gasteiger partial charge in [-0.1, -0.05) is 11.8 Å². The van der Waals surface area contributed by atoms with E-state index in [0.717, 1.165) is 14.7 Å². The molecule has 2 N–H and O–H groups in total. The molecule has 6 nitrogen and oxygen atoms in total. The summed E-state index contributed by atoms with van der Waals surface area (Å²) in [4.78, 5) is 31.7. The summed E-state index contributed by atoms with van der Waals surface area (Å²) in [6, 6.07) is 11.3. The SMILES string of the molecule is CC1=C(C)C(=O)Nc2cc(C(=O)NCc3cnc(-c4ccc(C#N)cc4F)s3)ccc2S1. The Bertz CT molecular complexity index is 1320. The van der Waals surface area contributed by atoms with E-state index in [9.17, 15) is 14.0 Å². The Morgan fingerprint density at radius 3 is 2.81 bits per heavy atom. The van der Waals surface area contributed by atoms with E-state index in [1.807, 2.05) is 19.1 Å². The first-order valence-electron chi connectivity index (χ1n) is 9.59. The van der Waals surface area contributed by atoms with Crippen LogP contribution in [0.25, 0.3) is 10.6 Å². The normalized spacial score (nSPS) is 13.1. The van der Waals surface area contributed by atoms with Crippen molar-refractivity contribution in [2.45, 2.75) is 25.3 Å². The number of amides is 2. The van der Waals surface area contributed by atoms with E-state index in [1.54, 1.807) is 25.3 Å². The summed E-state index contributed by atoms with van der Waals surface area (Å²) in [5.41, 5.74) is 2.22. The molecule has 3 aromatic rings. The largest absolute Gasteiger partial charge is 0.347 e. The van der Waals surface area contributed by atoms with E-state index in [-0.39, 0.29) is 23.9 Å². The van der Waals surface area contributed by atoms with Gasteiger partial charge in [0.25, 0.3) is 11.8 Å². The molecule has 0 unspecified atom stereocenters. The number of nitrogens with zero attached hydrogens (tertiary/aromatic N) is 2. The number of nitrogens with one attached hydrogen (secondary N) is 2. The number of carbonyl (C=O) groups is 2. The smallest absolute Gasteiger partial charge is 0.252 e. The van der Waals surface area contributed by atoms with Crippen LogP contribution in [-0.4, -0.2) is 16.8 Å². The lowest BCUT2D eigenvalue weighted by atomic mass is 10.1. The van der Waals surface area contributed by atoms with Gasteiger partial charge < -0.3 is 10.6 Å². The summed E-state index contributed by atoms with van der Waals surface area (Å²) in [6.45, 7) is 3.89. The number of hydrogen-bond acceptors (Lipinski definition) is 6. The van der Waals surface area contributed by atoms with Crippen molar-refractivity contribution in [2.24, 2.45) is 0 Å². The summed E-state index contributed by atoms with van der Waals surface area (Å²) in [5.74, 6) is -0.991. The van der Waals surface area contributed by atoms with Gasteiger partial charge in [-0.25, -0.2) is 9.37 Å². The quantitative estimate of drug-likeness (QED) is 0.561. The van der Waals surface area contributed by atoms with Crippen LogP contribution < -0.4 is 10.6 Å². The first-order chi connectivity index (χ1) is 15.4. The zero-order chi connectivity index (χ0) is 22.8. The van der Waals surface area contributed by atoms with Gasteiger partial charge in [0.1, 0.15) is 10.8 Å². The van der Waals surface area contributed by atoms with E-state index < -0.39 is 5.82 Å². The Morgan fingerprint density at radius 1 is 1.25 bits per heavy atom. The minimum atomic E-state index is -0.515. The van der Waals surface area contributed by atoms with Crippen LogP contribution in [-0.2, 0) is 11.3 Å². The molecule has 0 spiro atoms. The number of halogens is 1. The summed E-state index contributed by atoms with van der Waals surface area (Å²) in [7, 11) is 0. The molecule has 0 aliphatic carbocycles. The van der Waals surface area contributed by atoms with Crippen molar-refractivity contribution in [1.82, 2.24) is 10.3 Å². The standard InChI is InChI=1S/C23H17FN4O2S2/c1-12-13(2)31-20-6-4-15(8-19(20)28-21(12)29)22(30)26-10-16-11-27-23(32-16)17-5-3-14(9-25)7-18(17)24/h3-8,11H,10H2,1-2H3,(H,26,30)(H,28,29). The van der Waals surface area contributed by atoms with Gasteiger partial charge >= 0.3 is 0 Å². The predicted octanol–water partition coefficient (Wildman–Crippen LogP) is 5.09. The van der Waals surface area contributed by atoms with Crippen LogP contribution in [0.15, 0.2) is 58.0 Å². The van der Waals surface area contributed by atoms with Gasteiger partial charge in [0.15, 0.2) is 0 Å². The highest BCUT2D eigenvalue weighted by molar-refractivity contribution is 8.03. The summed E-state index contributed by atoms with van der Waals surface area (Å²) in [5, 5.41) is 15.0. The third kappa shape index (κ3) is 4.42. The molecule has 9 heteroatoms. The number of nitriles is 1. The molecule has 0 atom stereocenters. The van der Waals surface area contributed by atoms with Gasteiger partial charge in [-0.2, -0.15) is 5.26 Å². The first kappa shape index (κ1) is 21.7. The number of benzene rings is 2. The second-order valence-corrected chi connectivity index (χ2v) is 9.44. The van der Waals surface area contributed by atoms with Crippen LogP contribution in [0.5, 0.6) is 0 Å². The molecule has 160 valence electrons. The van der Waals surface area contributed by atoms with Crippen molar-refractivity contribution < 1.29 is 14.0 Å². The zero-order valence-corrected chi connectivity index (χ0v) is 18.8. The Balaban J connectivity index is 1.45. The molecular weight excluding hydrogens is 447 g/mol. The number of aromatic nitrogens is 1. The second-order valence-electron chi connectivity index (χ2n) is 7.07. The average Bonchev–Trinajstić information content (AvgIpc) is 3.22. The monoisotopic (exact) mass is 464 g/mol. The topological polar surface area (TPSA) is 94.9 Å². The van der Waals surface area contributed by atoms with E-state index in [4.69, 9.17) is 5.26 Å². The van der Waals surface area contributed by atoms with E-state index in [1.165, 1.54) is 41.3 Å². The molecule has 4 rings (SSSR count). The maximum Gasteiger partial charge on any atom is 0.252 e. The molecule has 2 aromatic carbocycles. The maximum absolute atomic E-state index is 14.2. The number of rotatable bonds is 4. The lowest BCUT2D eigenvalue weighted by Gasteiger charge is -2.09. The van der Waals surface area contributed by atoms with Gasteiger partial charge in [0, 0.05) is 32.7 Å². The zero-order valence-electron chi connectivity index (χ0n) is 17.2. The second kappa shape index (κ2) is 8.94. The van der Waals surface area contributed by atoms with Crippen molar-refractivity contribution in [3.8, 4) is 16.6 Å². The van der Waals surface area contributed by atoms with Crippen LogP contribution in [0.2, 0.25) is 0 Å². The predicted molar refractivity (Wildman–Crippen MR) is 123 cm³/mol. The molecule has 0 fully saturated rings. The fourth-order valence-corrected chi connectivity index (χ4v) is 4.83. The van der Waals surface area contributed by atoms with Crippen molar-refractivity contribution in [2.75, 3.05) is 5.32 Å². The van der Waals surface area contributed by atoms with Gasteiger partial charge in [-0.15, -0.1) is 11.3 Å². The van der Waals surface area contributed by atoms with Crippen LogP contribution >= 0.6 is 23.1 Å². The first-order valence-corrected chi connectivity index (χ1v) is 11.2. The van der Waals surface area contributed by atoms with E-state index in [0.29, 0.717) is 27.4 Å². The molecular formula is C23H17FN4O2S2. The van der Waals surface area contributed by atoms with Gasteiger partial charge in [0.05, 0.1) is 23.9 Å². The van der Waals surface area contributed by atoms with Crippen LogP contribution in [0.1, 0.15) is 34.6 Å². The fraction of sp³-hybridized carbons (Fsp3) is 0.130. The highest BCUT2D eigenvalue weighted by atomic mass is 32.2. The Labute approximate surface area is 192 Å². The molecule has 1 aliphatic heterocycles. The van der Waals surface area contributed by atoms with Crippen LogP contribution in [0.4, 0.5) is 10.1 Å². The number of carbonyl (C=O) groups excluding carboxylic acids is 2. The highest BCUT2D eigenvalue weighted by Gasteiger charge is 2.19. The molecule has 0 radical (unpaired) electrons. The van der Waals surface area contributed by atoms with Crippen molar-refractivity contribution in [3.05, 3.63) is 74.9 Å². The number of fused-ring (bicyclic) bond motifs is 1. The Morgan fingerprint density at radius 2 is 2.06 bits per heavy atom. The van der Waals surface area contributed by atoms with E-state index >= 15 is 0 Å². The minimum absolute atomic E-state index is 0.182. The van der Waals surface area contributed by atoms with Crippen molar-refractivity contribution in [1.29, 1.82) is 5.26 Å². The number of allylic oxidation sites excluding steroid dienone is 1. The third-order valence-corrected chi connectivity index (χ3v) is 7.15. The van der Waals surface area contributed by atoms with Crippen LogP contribution in [0, 0.1) is 17.1 Å². The number of hydrogen-bond donors (Lipinski definition) is 2. The van der Waals surface area contributed by atoms with Crippen molar-refractivity contribution >= 4 is 40.6 Å². The van der Waals surface area contributed by atoms with Gasteiger partial charge in [0.2, 0.25) is 0 Å². The van der Waals surface area contributed by atoms with Crippen molar-refractivity contribution in [3.63, 3.8) is 0 Å². The lowest BCUT2D eigenvalue weighted by Crippen LogP contribution is -2.22. The molecule has 2 amide bonds. The molecule has 1 aliphatic rings. The number of thioether (sulfide) groups is 1. The number of anilines is 1. The number of thiazole rings is 1. The average molecular weight is 465 g/mol.